The number of carbonyl (C=O) groups excluding carboxylic acids is 1. The molecular weight excluding hydrogens is 304 g/mol. The van der Waals surface area contributed by atoms with Gasteiger partial charge in [-0.05, 0) is 6.07 Å². The third kappa shape index (κ3) is 3.07. The number of halogens is 1. The number of anilines is 2. The van der Waals surface area contributed by atoms with E-state index in [9.17, 15) is 14.9 Å². The summed E-state index contributed by atoms with van der Waals surface area (Å²) >= 11 is 5.85. The average Bonchev–Trinajstić information content (AvgIpc) is 2.82. The highest BCUT2D eigenvalue weighted by atomic mass is 35.5. The van der Waals surface area contributed by atoms with Gasteiger partial charge in [-0.3, -0.25) is 26.1 Å². The van der Waals surface area contributed by atoms with Crippen molar-refractivity contribution in [3.05, 3.63) is 38.7 Å². The quantitative estimate of drug-likeness (QED) is 0.436. The van der Waals surface area contributed by atoms with E-state index in [1.807, 2.05) is 0 Å². The minimum absolute atomic E-state index is 0.0541. The highest BCUT2D eigenvalue weighted by Crippen LogP contribution is 2.33. The van der Waals surface area contributed by atoms with Gasteiger partial charge in [0.05, 0.1) is 9.95 Å². The number of hydrogen-bond acceptors (Lipinski definition) is 8. The number of nitrogens with two attached hydrogens (primary N) is 1. The lowest BCUT2D eigenvalue weighted by Crippen LogP contribution is -2.15. The van der Waals surface area contributed by atoms with Crippen LogP contribution in [0, 0.1) is 17.0 Å². The van der Waals surface area contributed by atoms with Crippen LogP contribution in [0.25, 0.3) is 0 Å². The van der Waals surface area contributed by atoms with Gasteiger partial charge in [0, 0.05) is 18.6 Å². The highest BCUT2D eigenvalue weighted by Gasteiger charge is 2.21. The molecule has 1 aromatic carbocycles. The zero-order valence-corrected chi connectivity index (χ0v) is 11.3. The Labute approximate surface area is 122 Å². The van der Waals surface area contributed by atoms with E-state index in [1.165, 1.54) is 6.07 Å². The van der Waals surface area contributed by atoms with Gasteiger partial charge in [0.1, 0.15) is 5.69 Å². The van der Waals surface area contributed by atoms with Crippen molar-refractivity contribution in [3.8, 4) is 0 Å². The Kier molecular flexibility index (Phi) is 4.00. The molecular formula is C10H9ClN6O4. The molecule has 1 amide bonds. The molecule has 0 saturated carbocycles. The van der Waals surface area contributed by atoms with Gasteiger partial charge < -0.3 is 9.84 Å². The molecule has 0 unspecified atom stereocenters. The second-order valence-corrected chi connectivity index (χ2v) is 4.24. The number of nitrogens with zero attached hydrogens (tertiary/aromatic N) is 3. The summed E-state index contributed by atoms with van der Waals surface area (Å²) in [4.78, 5) is 22.2. The Morgan fingerprint density at radius 2 is 2.19 bits per heavy atom. The fourth-order valence-corrected chi connectivity index (χ4v) is 1.80. The fourth-order valence-electron chi connectivity index (χ4n) is 1.53. The van der Waals surface area contributed by atoms with Crippen molar-refractivity contribution in [1.82, 2.24) is 10.2 Å². The van der Waals surface area contributed by atoms with Crippen molar-refractivity contribution in [1.29, 1.82) is 0 Å². The summed E-state index contributed by atoms with van der Waals surface area (Å²) in [5.74, 6) is 4.74. The summed E-state index contributed by atoms with van der Waals surface area (Å²) in [6.45, 7) is 1.55. The van der Waals surface area contributed by atoms with Crippen LogP contribution in [-0.4, -0.2) is 21.0 Å². The minimum atomic E-state index is -0.714. The van der Waals surface area contributed by atoms with Crippen molar-refractivity contribution in [2.24, 2.45) is 5.84 Å². The van der Waals surface area contributed by atoms with Crippen LogP contribution in [0.2, 0.25) is 5.02 Å². The number of nitro groups is 1. The van der Waals surface area contributed by atoms with Crippen molar-refractivity contribution >= 4 is 34.9 Å². The molecule has 1 heterocycles. The number of rotatable bonds is 4. The lowest BCUT2D eigenvalue weighted by Gasteiger charge is -2.07. The van der Waals surface area contributed by atoms with Crippen molar-refractivity contribution < 1.29 is 14.1 Å². The Balaban J connectivity index is 2.35. The van der Waals surface area contributed by atoms with E-state index in [-0.39, 0.29) is 28.2 Å². The second-order valence-electron chi connectivity index (χ2n) is 3.83. The van der Waals surface area contributed by atoms with E-state index < -0.39 is 16.5 Å². The van der Waals surface area contributed by atoms with Crippen LogP contribution in [0.3, 0.4) is 0 Å². The van der Waals surface area contributed by atoms with E-state index in [0.29, 0.717) is 0 Å². The summed E-state index contributed by atoms with van der Waals surface area (Å²) in [7, 11) is 0. The first-order chi connectivity index (χ1) is 9.92. The van der Waals surface area contributed by atoms with Crippen molar-refractivity contribution in [3.63, 3.8) is 0 Å². The van der Waals surface area contributed by atoms with Crippen LogP contribution in [0.5, 0.6) is 0 Å². The van der Waals surface area contributed by atoms with Gasteiger partial charge in [-0.2, -0.15) is 0 Å². The summed E-state index contributed by atoms with van der Waals surface area (Å²) in [5, 5.41) is 20.3. The molecule has 11 heteroatoms. The number of carbonyl (C=O) groups is 1. The zero-order chi connectivity index (χ0) is 15.6. The molecule has 110 valence electrons. The lowest BCUT2D eigenvalue weighted by atomic mass is 10.1. The lowest BCUT2D eigenvalue weighted by molar-refractivity contribution is -0.384. The van der Waals surface area contributed by atoms with Gasteiger partial charge in [0.15, 0.2) is 0 Å². The SMILES string of the molecule is Cc1nnc(NC(=O)c2cc(Cl)c(NN)c([N+](=O)[O-])c2)o1. The maximum Gasteiger partial charge on any atom is 0.322 e. The molecule has 0 aliphatic carbocycles. The number of nitrogen functional groups attached to an aromatic ring is 1. The van der Waals surface area contributed by atoms with E-state index in [1.54, 1.807) is 6.92 Å². The predicted octanol–water partition coefficient (Wildman–Crippen LogP) is 1.48. The van der Waals surface area contributed by atoms with Crippen LogP contribution in [-0.2, 0) is 0 Å². The van der Waals surface area contributed by atoms with Crippen LogP contribution >= 0.6 is 11.6 Å². The number of nitro benzene ring substituents is 1. The van der Waals surface area contributed by atoms with E-state index in [0.717, 1.165) is 6.07 Å². The zero-order valence-electron chi connectivity index (χ0n) is 10.6. The van der Waals surface area contributed by atoms with Crippen molar-refractivity contribution in [2.45, 2.75) is 6.92 Å². The summed E-state index contributed by atoms with van der Waals surface area (Å²) in [6, 6.07) is 2.12. The molecule has 0 radical (unpaired) electrons. The molecule has 21 heavy (non-hydrogen) atoms. The average molecular weight is 313 g/mol. The van der Waals surface area contributed by atoms with E-state index in [2.05, 4.69) is 20.9 Å². The number of hydrogen-bond donors (Lipinski definition) is 3. The molecule has 1 aromatic heterocycles. The van der Waals surface area contributed by atoms with Gasteiger partial charge in [-0.1, -0.05) is 16.7 Å². The van der Waals surface area contributed by atoms with Crippen molar-refractivity contribution in [2.75, 3.05) is 10.7 Å². The molecule has 0 saturated heterocycles. The molecule has 4 N–H and O–H groups in total. The normalized spacial score (nSPS) is 10.2. The third-order valence-corrected chi connectivity index (χ3v) is 2.72. The predicted molar refractivity (Wildman–Crippen MR) is 72.9 cm³/mol. The molecule has 0 atom stereocenters. The number of benzene rings is 1. The smallest absolute Gasteiger partial charge is 0.322 e. The van der Waals surface area contributed by atoms with Gasteiger partial charge in [-0.25, -0.2) is 0 Å². The van der Waals surface area contributed by atoms with Gasteiger partial charge >= 0.3 is 6.01 Å². The topological polar surface area (TPSA) is 149 Å². The number of aromatic nitrogens is 2. The van der Waals surface area contributed by atoms with Gasteiger partial charge in [0.25, 0.3) is 11.6 Å². The first-order valence-corrected chi connectivity index (χ1v) is 5.86. The third-order valence-electron chi connectivity index (χ3n) is 2.42. The first kappa shape index (κ1) is 14.7. The number of nitrogens with one attached hydrogen (secondary N) is 2. The summed E-state index contributed by atoms with van der Waals surface area (Å²) in [5.41, 5.74) is 1.54. The molecule has 0 aliphatic heterocycles. The van der Waals surface area contributed by atoms with Crippen LogP contribution in [0.1, 0.15) is 16.2 Å². The Morgan fingerprint density at radius 1 is 1.48 bits per heavy atom. The number of amides is 1. The molecule has 2 rings (SSSR count). The van der Waals surface area contributed by atoms with Gasteiger partial charge in [-0.15, -0.1) is 5.10 Å². The second kappa shape index (κ2) is 5.73. The summed E-state index contributed by atoms with van der Waals surface area (Å²) < 4.78 is 4.98. The maximum atomic E-state index is 12.0. The Bertz CT molecular complexity index is 716. The molecule has 10 nitrogen and oxygen atoms in total. The monoisotopic (exact) mass is 312 g/mol. The highest BCUT2D eigenvalue weighted by molar-refractivity contribution is 6.34. The van der Waals surface area contributed by atoms with E-state index in [4.69, 9.17) is 21.9 Å². The molecule has 0 aliphatic rings. The van der Waals surface area contributed by atoms with Crippen LogP contribution in [0.4, 0.5) is 17.4 Å². The van der Waals surface area contributed by atoms with Crippen LogP contribution < -0.4 is 16.6 Å². The number of aryl methyl sites for hydroxylation is 1. The fraction of sp³-hybridized carbons (Fsp3) is 0.100. The van der Waals surface area contributed by atoms with E-state index >= 15 is 0 Å². The summed E-state index contributed by atoms with van der Waals surface area (Å²) in [6.07, 6.45) is 0. The Hall–Kier alpha value is -2.72. The molecule has 0 spiro atoms. The minimum Gasteiger partial charge on any atom is -0.408 e. The molecule has 0 fully saturated rings. The number of hydrazine groups is 1. The largest absolute Gasteiger partial charge is 0.408 e. The van der Waals surface area contributed by atoms with Gasteiger partial charge in [0.2, 0.25) is 5.89 Å². The standard InChI is InChI=1S/C10H9ClN6O4/c1-4-15-16-10(21-4)13-9(18)5-2-6(11)8(14-12)7(3-5)17(19)20/h2-3,14H,12H2,1H3,(H,13,16,18). The molecule has 2 aromatic rings. The van der Waals surface area contributed by atoms with Crippen LogP contribution in [0.15, 0.2) is 16.5 Å². The molecule has 0 bridgehead atoms. The Morgan fingerprint density at radius 3 is 2.71 bits per heavy atom. The maximum absolute atomic E-state index is 12.0. The first-order valence-electron chi connectivity index (χ1n) is 5.48.